The Balaban J connectivity index is 2.16. The van der Waals surface area contributed by atoms with Crippen molar-refractivity contribution >= 4 is 11.6 Å². The van der Waals surface area contributed by atoms with E-state index in [2.05, 4.69) is 15.0 Å². The molecule has 0 aliphatic carbocycles. The summed E-state index contributed by atoms with van der Waals surface area (Å²) in [5.74, 6) is 0.226. The number of hydrogen-bond donors (Lipinski definition) is 0. The molecular weight excluding hydrogens is 304 g/mol. The van der Waals surface area contributed by atoms with E-state index in [1.54, 1.807) is 29.9 Å². The molecule has 0 radical (unpaired) electrons. The zero-order chi connectivity index (χ0) is 15.4. The zero-order valence-corrected chi connectivity index (χ0v) is 12.2. The van der Waals surface area contributed by atoms with Crippen LogP contribution in [0.25, 0.3) is 0 Å². The fourth-order valence-corrected chi connectivity index (χ4v) is 1.86. The number of nitrogens with zero attached hydrogens (tertiary/aromatic N) is 3. The molecule has 21 heavy (non-hydrogen) atoms. The van der Waals surface area contributed by atoms with Gasteiger partial charge in [0.05, 0.1) is 25.2 Å². The van der Waals surface area contributed by atoms with Crippen molar-refractivity contribution in [3.63, 3.8) is 0 Å². The Morgan fingerprint density at radius 3 is 2.67 bits per heavy atom. The highest BCUT2D eigenvalue weighted by molar-refractivity contribution is 6.20. The lowest BCUT2D eigenvalue weighted by molar-refractivity contribution is -0.0512. The highest BCUT2D eigenvalue weighted by Crippen LogP contribution is 2.29. The van der Waals surface area contributed by atoms with Gasteiger partial charge in [-0.1, -0.05) is 11.3 Å². The smallest absolute Gasteiger partial charge is 0.387 e. The lowest BCUT2D eigenvalue weighted by atomic mass is 10.2. The molecule has 0 bridgehead atoms. The summed E-state index contributed by atoms with van der Waals surface area (Å²) >= 11 is 5.91. The van der Waals surface area contributed by atoms with E-state index < -0.39 is 6.61 Å². The molecule has 8 heteroatoms. The summed E-state index contributed by atoms with van der Waals surface area (Å²) in [5, 5.41) is 7.66. The van der Waals surface area contributed by atoms with Gasteiger partial charge in [-0.05, 0) is 24.6 Å². The zero-order valence-electron chi connectivity index (χ0n) is 11.5. The van der Waals surface area contributed by atoms with Gasteiger partial charge in [-0.3, -0.25) is 0 Å². The number of methoxy groups -OCH3 is 1. The predicted octanol–water partition coefficient (Wildman–Crippen LogP) is 3.24. The molecule has 0 aliphatic rings. The first-order valence-corrected chi connectivity index (χ1v) is 6.59. The maximum Gasteiger partial charge on any atom is 0.387 e. The molecule has 114 valence electrons. The second-order valence-electron chi connectivity index (χ2n) is 4.32. The van der Waals surface area contributed by atoms with E-state index in [1.807, 2.05) is 0 Å². The molecule has 0 fully saturated rings. The quantitative estimate of drug-likeness (QED) is 0.767. The van der Waals surface area contributed by atoms with Crippen molar-refractivity contribution < 1.29 is 18.3 Å². The normalized spacial score (nSPS) is 12.5. The standard InChI is InChI=1S/C13H14ClF2N3O2/c1-8(14)10-7-19(18-17-10)6-9-3-4-11(21-13(15)16)12(5-9)20-2/h3-5,7-8,13H,6H2,1-2H3. The Hall–Kier alpha value is -1.89. The van der Waals surface area contributed by atoms with Crippen LogP contribution >= 0.6 is 11.6 Å². The third kappa shape index (κ3) is 4.04. The topological polar surface area (TPSA) is 49.2 Å². The monoisotopic (exact) mass is 317 g/mol. The van der Waals surface area contributed by atoms with Crippen molar-refractivity contribution in [3.05, 3.63) is 35.7 Å². The minimum Gasteiger partial charge on any atom is -0.493 e. The van der Waals surface area contributed by atoms with Crippen LogP contribution < -0.4 is 9.47 Å². The largest absolute Gasteiger partial charge is 0.493 e. The van der Waals surface area contributed by atoms with Gasteiger partial charge in [0.25, 0.3) is 0 Å². The van der Waals surface area contributed by atoms with Crippen molar-refractivity contribution in [1.82, 2.24) is 15.0 Å². The van der Waals surface area contributed by atoms with Crippen molar-refractivity contribution in [2.24, 2.45) is 0 Å². The van der Waals surface area contributed by atoms with Crippen LogP contribution in [0.15, 0.2) is 24.4 Å². The number of alkyl halides is 3. The minimum absolute atomic E-state index is 0.00934. The van der Waals surface area contributed by atoms with E-state index >= 15 is 0 Å². The molecule has 0 saturated heterocycles. The second kappa shape index (κ2) is 6.71. The molecule has 0 N–H and O–H groups in total. The first kappa shape index (κ1) is 15.5. The van der Waals surface area contributed by atoms with Crippen molar-refractivity contribution in [2.45, 2.75) is 25.5 Å². The lowest BCUT2D eigenvalue weighted by Crippen LogP contribution is -2.05. The lowest BCUT2D eigenvalue weighted by Gasteiger charge is -2.11. The fraction of sp³-hybridized carbons (Fsp3) is 0.385. The molecule has 5 nitrogen and oxygen atoms in total. The van der Waals surface area contributed by atoms with Crippen LogP contribution in [0, 0.1) is 0 Å². The van der Waals surface area contributed by atoms with Crippen LogP contribution in [0.3, 0.4) is 0 Å². The highest BCUT2D eigenvalue weighted by atomic mass is 35.5. The summed E-state index contributed by atoms with van der Waals surface area (Å²) in [6, 6.07) is 4.71. The van der Waals surface area contributed by atoms with Gasteiger partial charge in [0.15, 0.2) is 11.5 Å². The predicted molar refractivity (Wildman–Crippen MR) is 73.0 cm³/mol. The Bertz CT molecular complexity index is 605. The molecule has 1 aromatic heterocycles. The SMILES string of the molecule is COc1cc(Cn2cc(C(C)Cl)nn2)ccc1OC(F)F. The van der Waals surface area contributed by atoms with E-state index in [9.17, 15) is 8.78 Å². The highest BCUT2D eigenvalue weighted by Gasteiger charge is 2.12. The number of halogens is 3. The molecule has 0 spiro atoms. The maximum atomic E-state index is 12.2. The minimum atomic E-state index is -2.90. The summed E-state index contributed by atoms with van der Waals surface area (Å²) in [4.78, 5) is 0. The molecule has 0 saturated carbocycles. The van der Waals surface area contributed by atoms with Gasteiger partial charge < -0.3 is 9.47 Å². The molecule has 1 aromatic carbocycles. The summed E-state index contributed by atoms with van der Waals surface area (Å²) in [6.07, 6.45) is 1.73. The first-order chi connectivity index (χ1) is 9.99. The number of rotatable bonds is 6. The van der Waals surface area contributed by atoms with Gasteiger partial charge in [-0.2, -0.15) is 8.78 Å². The number of benzene rings is 1. The van der Waals surface area contributed by atoms with Gasteiger partial charge in [-0.15, -0.1) is 16.7 Å². The van der Waals surface area contributed by atoms with E-state index in [0.29, 0.717) is 12.2 Å². The summed E-state index contributed by atoms with van der Waals surface area (Å²) in [5.41, 5.74) is 1.48. The molecular formula is C13H14ClF2N3O2. The molecule has 0 amide bonds. The van der Waals surface area contributed by atoms with Crippen LogP contribution in [0.4, 0.5) is 8.78 Å². The molecule has 1 heterocycles. The van der Waals surface area contributed by atoms with Crippen LogP contribution in [0.5, 0.6) is 11.5 Å². The van der Waals surface area contributed by atoms with Crippen molar-refractivity contribution in [3.8, 4) is 11.5 Å². The van der Waals surface area contributed by atoms with Gasteiger partial charge in [0.1, 0.15) is 5.69 Å². The Labute approximate surface area is 125 Å². The van der Waals surface area contributed by atoms with Crippen LogP contribution in [0.1, 0.15) is 23.6 Å². The van der Waals surface area contributed by atoms with E-state index in [-0.39, 0.29) is 16.9 Å². The Kier molecular flexibility index (Phi) is 4.95. The van der Waals surface area contributed by atoms with Crippen molar-refractivity contribution in [2.75, 3.05) is 7.11 Å². The number of hydrogen-bond acceptors (Lipinski definition) is 4. The van der Waals surface area contributed by atoms with Crippen molar-refractivity contribution in [1.29, 1.82) is 0 Å². The number of aromatic nitrogens is 3. The van der Waals surface area contributed by atoms with Gasteiger partial charge in [0, 0.05) is 0 Å². The number of ether oxygens (including phenoxy) is 2. The summed E-state index contributed by atoms with van der Waals surface area (Å²) < 4.78 is 35.5. The van der Waals surface area contributed by atoms with E-state index in [4.69, 9.17) is 16.3 Å². The Morgan fingerprint density at radius 2 is 2.10 bits per heavy atom. The summed E-state index contributed by atoms with van der Waals surface area (Å²) in [7, 11) is 1.39. The molecule has 0 aliphatic heterocycles. The average Bonchev–Trinajstić information content (AvgIpc) is 2.88. The average molecular weight is 318 g/mol. The van der Waals surface area contributed by atoms with E-state index in [1.165, 1.54) is 13.2 Å². The van der Waals surface area contributed by atoms with Crippen LogP contribution in [-0.2, 0) is 6.54 Å². The van der Waals surface area contributed by atoms with Gasteiger partial charge in [-0.25, -0.2) is 4.68 Å². The van der Waals surface area contributed by atoms with Gasteiger partial charge >= 0.3 is 6.61 Å². The second-order valence-corrected chi connectivity index (χ2v) is 4.98. The first-order valence-electron chi connectivity index (χ1n) is 6.15. The molecule has 1 unspecified atom stereocenters. The third-order valence-electron chi connectivity index (χ3n) is 2.75. The Morgan fingerprint density at radius 1 is 1.33 bits per heavy atom. The molecule has 1 atom stereocenters. The third-order valence-corrected chi connectivity index (χ3v) is 2.98. The fourth-order valence-electron chi connectivity index (χ4n) is 1.76. The van der Waals surface area contributed by atoms with Crippen LogP contribution in [-0.4, -0.2) is 28.7 Å². The van der Waals surface area contributed by atoms with Crippen LogP contribution in [0.2, 0.25) is 0 Å². The maximum absolute atomic E-state index is 12.2. The molecule has 2 rings (SSSR count). The van der Waals surface area contributed by atoms with Gasteiger partial charge in [0.2, 0.25) is 0 Å². The van der Waals surface area contributed by atoms with E-state index in [0.717, 1.165) is 5.56 Å². The summed E-state index contributed by atoms with van der Waals surface area (Å²) in [6.45, 7) is -0.676. The molecule has 2 aromatic rings.